The van der Waals surface area contributed by atoms with Crippen LogP contribution in [-0.2, 0) is 32.6 Å². The molecular formula is C33H34ClN3O5S. The van der Waals surface area contributed by atoms with Gasteiger partial charge in [0, 0.05) is 24.5 Å². The highest BCUT2D eigenvalue weighted by Gasteiger charge is 2.34. The average molecular weight is 620 g/mol. The van der Waals surface area contributed by atoms with Crippen molar-refractivity contribution < 1.29 is 22.7 Å². The van der Waals surface area contributed by atoms with Gasteiger partial charge in [-0.2, -0.15) is 0 Å². The van der Waals surface area contributed by atoms with Gasteiger partial charge in [-0.1, -0.05) is 72.3 Å². The van der Waals surface area contributed by atoms with Crippen LogP contribution >= 0.6 is 11.6 Å². The fourth-order valence-electron chi connectivity index (χ4n) is 4.67. The Kier molecular flexibility index (Phi) is 10.8. The van der Waals surface area contributed by atoms with Crippen molar-refractivity contribution in [3.63, 3.8) is 0 Å². The van der Waals surface area contributed by atoms with Crippen LogP contribution in [0.1, 0.15) is 18.1 Å². The first-order chi connectivity index (χ1) is 20.7. The lowest BCUT2D eigenvalue weighted by Crippen LogP contribution is -2.53. The molecule has 0 heterocycles. The number of ether oxygens (including phenoxy) is 1. The molecule has 0 saturated heterocycles. The fraction of sp³-hybridized carbons (Fsp3) is 0.212. The van der Waals surface area contributed by atoms with Crippen molar-refractivity contribution in [2.75, 3.05) is 24.5 Å². The smallest absolute Gasteiger partial charge is 0.264 e. The topological polar surface area (TPSA) is 96.0 Å². The zero-order valence-electron chi connectivity index (χ0n) is 24.0. The van der Waals surface area contributed by atoms with Gasteiger partial charge in [-0.05, 0) is 66.6 Å². The largest absolute Gasteiger partial charge is 0.497 e. The number of rotatable bonds is 13. The van der Waals surface area contributed by atoms with Gasteiger partial charge in [0.1, 0.15) is 18.3 Å². The number of carbonyl (C=O) groups is 2. The molecule has 4 aromatic carbocycles. The van der Waals surface area contributed by atoms with E-state index in [9.17, 15) is 18.0 Å². The number of anilines is 1. The summed E-state index contributed by atoms with van der Waals surface area (Å²) in [6.07, 6.45) is 0.229. The molecule has 0 saturated carbocycles. The summed E-state index contributed by atoms with van der Waals surface area (Å²) >= 11 is 6.27. The van der Waals surface area contributed by atoms with Crippen LogP contribution in [0.4, 0.5) is 5.69 Å². The molecule has 0 spiro atoms. The maximum absolute atomic E-state index is 14.3. The Balaban J connectivity index is 1.79. The number of carbonyl (C=O) groups excluding carboxylic acids is 2. The maximum atomic E-state index is 14.3. The highest BCUT2D eigenvalue weighted by atomic mass is 35.5. The molecule has 0 unspecified atom stereocenters. The molecule has 0 bridgehead atoms. The van der Waals surface area contributed by atoms with Gasteiger partial charge in [0.15, 0.2) is 0 Å². The van der Waals surface area contributed by atoms with Crippen LogP contribution in [0.2, 0.25) is 5.02 Å². The number of likely N-dealkylation sites (N-methyl/N-ethyl adjacent to an activating group) is 1. The van der Waals surface area contributed by atoms with E-state index in [1.165, 1.54) is 24.1 Å². The Bertz CT molecular complexity index is 1620. The molecule has 43 heavy (non-hydrogen) atoms. The Morgan fingerprint density at radius 1 is 0.860 bits per heavy atom. The zero-order chi connectivity index (χ0) is 30.8. The van der Waals surface area contributed by atoms with Crippen LogP contribution in [0.15, 0.2) is 114 Å². The minimum absolute atomic E-state index is 0.0320. The van der Waals surface area contributed by atoms with E-state index in [4.69, 9.17) is 16.3 Å². The molecular weight excluding hydrogens is 586 g/mol. The molecule has 10 heteroatoms. The van der Waals surface area contributed by atoms with Crippen molar-refractivity contribution in [2.45, 2.75) is 30.8 Å². The predicted octanol–water partition coefficient (Wildman–Crippen LogP) is 5.32. The van der Waals surface area contributed by atoms with E-state index >= 15 is 0 Å². The van der Waals surface area contributed by atoms with Gasteiger partial charge in [-0.3, -0.25) is 13.9 Å². The van der Waals surface area contributed by atoms with E-state index in [2.05, 4.69) is 5.32 Å². The summed E-state index contributed by atoms with van der Waals surface area (Å²) in [5.74, 6) is -0.361. The summed E-state index contributed by atoms with van der Waals surface area (Å²) in [5.41, 5.74) is 1.83. The Hall–Kier alpha value is -4.34. The lowest BCUT2D eigenvalue weighted by molar-refractivity contribution is -0.140. The van der Waals surface area contributed by atoms with E-state index in [0.717, 1.165) is 9.87 Å². The first kappa shape index (κ1) is 31.6. The molecule has 0 aromatic heterocycles. The molecule has 1 atom stereocenters. The molecule has 224 valence electrons. The van der Waals surface area contributed by atoms with Gasteiger partial charge >= 0.3 is 0 Å². The molecule has 0 fully saturated rings. The first-order valence-corrected chi connectivity index (χ1v) is 15.6. The number of hydrogen-bond acceptors (Lipinski definition) is 5. The average Bonchev–Trinajstić information content (AvgIpc) is 3.02. The van der Waals surface area contributed by atoms with E-state index in [-0.39, 0.29) is 29.5 Å². The molecule has 4 rings (SSSR count). The Labute approximate surface area is 257 Å². The Morgan fingerprint density at radius 2 is 1.49 bits per heavy atom. The third-order valence-electron chi connectivity index (χ3n) is 6.83. The summed E-state index contributed by atoms with van der Waals surface area (Å²) in [4.78, 5) is 29.3. The molecule has 4 aromatic rings. The summed E-state index contributed by atoms with van der Waals surface area (Å²) in [6, 6.07) is 29.8. The number of hydrogen-bond donors (Lipinski definition) is 1. The monoisotopic (exact) mass is 619 g/mol. The predicted molar refractivity (Wildman–Crippen MR) is 169 cm³/mol. The number of halogens is 1. The second-order valence-corrected chi connectivity index (χ2v) is 12.1. The third kappa shape index (κ3) is 8.15. The quantitative estimate of drug-likeness (QED) is 0.219. The SMILES string of the molecule is CCNC(=O)[C@@H](Cc1ccccc1)N(Cc1cccc(Cl)c1)C(=O)CN(c1ccc(OC)cc1)S(=O)(=O)c1ccccc1. The number of methoxy groups -OCH3 is 1. The zero-order valence-corrected chi connectivity index (χ0v) is 25.6. The van der Waals surface area contributed by atoms with Crippen LogP contribution in [0.5, 0.6) is 5.75 Å². The molecule has 0 aliphatic heterocycles. The van der Waals surface area contributed by atoms with Crippen molar-refractivity contribution in [2.24, 2.45) is 0 Å². The van der Waals surface area contributed by atoms with Crippen molar-refractivity contribution in [1.29, 1.82) is 0 Å². The lowest BCUT2D eigenvalue weighted by atomic mass is 10.0. The van der Waals surface area contributed by atoms with E-state index in [1.54, 1.807) is 67.6 Å². The number of amides is 2. The number of benzene rings is 4. The van der Waals surface area contributed by atoms with E-state index in [1.807, 2.05) is 36.4 Å². The molecule has 2 amide bonds. The maximum Gasteiger partial charge on any atom is 0.264 e. The van der Waals surface area contributed by atoms with E-state index < -0.39 is 28.5 Å². The minimum atomic E-state index is -4.17. The number of nitrogens with zero attached hydrogens (tertiary/aromatic N) is 2. The normalized spacial score (nSPS) is 11.8. The van der Waals surface area contributed by atoms with Crippen LogP contribution in [-0.4, -0.2) is 51.4 Å². The van der Waals surface area contributed by atoms with Gasteiger partial charge in [0.2, 0.25) is 11.8 Å². The van der Waals surface area contributed by atoms with E-state index in [0.29, 0.717) is 22.9 Å². The minimum Gasteiger partial charge on any atom is -0.497 e. The Morgan fingerprint density at radius 3 is 2.09 bits per heavy atom. The van der Waals surface area contributed by atoms with Crippen molar-refractivity contribution in [1.82, 2.24) is 10.2 Å². The summed E-state index contributed by atoms with van der Waals surface area (Å²) < 4.78 is 34.3. The number of sulfonamides is 1. The highest BCUT2D eigenvalue weighted by Crippen LogP contribution is 2.27. The van der Waals surface area contributed by atoms with Crippen LogP contribution in [0.3, 0.4) is 0 Å². The van der Waals surface area contributed by atoms with Crippen LogP contribution in [0, 0.1) is 0 Å². The van der Waals surface area contributed by atoms with Crippen molar-refractivity contribution >= 4 is 39.1 Å². The van der Waals surface area contributed by atoms with Crippen molar-refractivity contribution in [3.8, 4) is 5.75 Å². The molecule has 0 aliphatic carbocycles. The summed E-state index contributed by atoms with van der Waals surface area (Å²) in [5, 5.41) is 3.33. The van der Waals surface area contributed by atoms with Gasteiger partial charge in [0.25, 0.3) is 10.0 Å². The van der Waals surface area contributed by atoms with Crippen LogP contribution < -0.4 is 14.4 Å². The third-order valence-corrected chi connectivity index (χ3v) is 8.86. The summed E-state index contributed by atoms with van der Waals surface area (Å²) in [7, 11) is -2.66. The fourth-order valence-corrected chi connectivity index (χ4v) is 6.32. The lowest BCUT2D eigenvalue weighted by Gasteiger charge is -2.34. The standard InChI is InChI=1S/C33H34ClN3O5S/c1-3-35-33(39)31(22-25-11-6-4-7-12-25)36(23-26-13-10-14-27(34)21-26)32(38)24-37(28-17-19-29(42-2)20-18-28)43(40,41)30-15-8-5-9-16-30/h4-21,31H,3,22-24H2,1-2H3,(H,35,39)/t31-/m1/s1. The summed E-state index contributed by atoms with van der Waals surface area (Å²) in [6.45, 7) is 1.66. The first-order valence-electron chi connectivity index (χ1n) is 13.8. The number of nitrogens with one attached hydrogen (secondary N) is 1. The molecule has 8 nitrogen and oxygen atoms in total. The highest BCUT2D eigenvalue weighted by molar-refractivity contribution is 7.92. The second kappa shape index (κ2) is 14.7. The van der Waals surface area contributed by atoms with Gasteiger partial charge in [-0.25, -0.2) is 8.42 Å². The molecule has 0 aliphatic rings. The van der Waals surface area contributed by atoms with Crippen molar-refractivity contribution in [3.05, 3.63) is 125 Å². The van der Waals surface area contributed by atoms with Gasteiger partial charge < -0.3 is 15.0 Å². The van der Waals surface area contributed by atoms with Gasteiger partial charge in [-0.15, -0.1) is 0 Å². The molecule has 1 N–H and O–H groups in total. The van der Waals surface area contributed by atoms with Gasteiger partial charge in [0.05, 0.1) is 17.7 Å². The van der Waals surface area contributed by atoms with Crippen LogP contribution in [0.25, 0.3) is 0 Å². The molecule has 0 radical (unpaired) electrons. The second-order valence-electron chi connectivity index (χ2n) is 9.77.